The molecule has 0 saturated heterocycles. The van der Waals surface area contributed by atoms with Gasteiger partial charge in [0.1, 0.15) is 0 Å². The lowest BCUT2D eigenvalue weighted by atomic mass is 10.1. The predicted octanol–water partition coefficient (Wildman–Crippen LogP) is 2.91. The van der Waals surface area contributed by atoms with Crippen molar-refractivity contribution in [2.45, 2.75) is 43.9 Å². The van der Waals surface area contributed by atoms with Crippen LogP contribution in [0.2, 0.25) is 0 Å². The molecular formula is C15H19N5OS. The van der Waals surface area contributed by atoms with Gasteiger partial charge in [0.05, 0.1) is 28.1 Å². The van der Waals surface area contributed by atoms with E-state index < -0.39 is 0 Å². The van der Waals surface area contributed by atoms with E-state index in [2.05, 4.69) is 15.2 Å². The van der Waals surface area contributed by atoms with E-state index in [9.17, 15) is 4.79 Å². The minimum atomic E-state index is -0.0207. The van der Waals surface area contributed by atoms with Gasteiger partial charge in [0.15, 0.2) is 5.82 Å². The first-order chi connectivity index (χ1) is 10.6. The molecule has 1 aliphatic heterocycles. The summed E-state index contributed by atoms with van der Waals surface area (Å²) >= 11 is 1.63. The van der Waals surface area contributed by atoms with E-state index in [1.807, 2.05) is 31.0 Å². The molecule has 6 nitrogen and oxygen atoms in total. The summed E-state index contributed by atoms with van der Waals surface area (Å²) in [6.07, 6.45) is 8.51. The van der Waals surface area contributed by atoms with Gasteiger partial charge < -0.3 is 0 Å². The quantitative estimate of drug-likeness (QED) is 0.926. The summed E-state index contributed by atoms with van der Waals surface area (Å²) < 4.78 is 3.79. The molecule has 3 heterocycles. The van der Waals surface area contributed by atoms with Gasteiger partial charge in [0.25, 0.3) is 5.56 Å². The number of aliphatic imine (C=N–C) groups is 1. The number of aryl methyl sites for hydroxylation is 1. The van der Waals surface area contributed by atoms with Crippen molar-refractivity contribution in [3.8, 4) is 0 Å². The van der Waals surface area contributed by atoms with Crippen LogP contribution in [0.4, 0.5) is 5.82 Å². The second kappa shape index (κ2) is 5.15. The minimum Gasteiger partial charge on any atom is -0.275 e. The van der Waals surface area contributed by atoms with Crippen LogP contribution in [-0.4, -0.2) is 24.6 Å². The fourth-order valence-corrected chi connectivity index (χ4v) is 4.51. The fraction of sp³-hybridized carbons (Fsp3) is 0.533. The third-order valence-corrected chi connectivity index (χ3v) is 5.64. The van der Waals surface area contributed by atoms with Gasteiger partial charge in [0.2, 0.25) is 0 Å². The highest BCUT2D eigenvalue weighted by atomic mass is 32.2. The fourth-order valence-electron chi connectivity index (χ4n) is 3.45. The number of H-pyrrole nitrogens is 1. The number of rotatable bonds is 2. The molecule has 2 aromatic rings. The van der Waals surface area contributed by atoms with E-state index in [-0.39, 0.29) is 10.8 Å². The highest BCUT2D eigenvalue weighted by molar-refractivity contribution is 8.14. The number of fused-ring (bicyclic) bond motifs is 1. The largest absolute Gasteiger partial charge is 0.275 e. The molecule has 0 radical (unpaired) electrons. The van der Waals surface area contributed by atoms with E-state index in [1.54, 1.807) is 16.4 Å². The zero-order valence-electron chi connectivity index (χ0n) is 12.7. The number of thioether (sulfide) groups is 1. The summed E-state index contributed by atoms with van der Waals surface area (Å²) in [5, 5.41) is 8.26. The van der Waals surface area contributed by atoms with Crippen LogP contribution in [0.3, 0.4) is 0 Å². The molecule has 1 aliphatic carbocycles. The van der Waals surface area contributed by atoms with Crippen molar-refractivity contribution in [1.29, 1.82) is 0 Å². The molecule has 1 saturated carbocycles. The number of hydrogen-bond acceptors (Lipinski definition) is 4. The van der Waals surface area contributed by atoms with Gasteiger partial charge in [-0.2, -0.15) is 5.10 Å². The van der Waals surface area contributed by atoms with Crippen LogP contribution in [0.15, 0.2) is 22.2 Å². The standard InChI is InChI=1S/C15H19N5OS/c1-9-17-14-12(13(22-9)10-7-16-19(2)8-10)15(21)18-20(14)11-5-3-4-6-11/h7-8,11,13H,3-6H2,1-2H3,(H,18,21). The second-order valence-corrected chi connectivity index (χ2v) is 7.36. The molecule has 1 unspecified atom stereocenters. The summed E-state index contributed by atoms with van der Waals surface area (Å²) in [6.45, 7) is 2.01. The Bertz CT molecular complexity index is 793. The third kappa shape index (κ3) is 2.15. The topological polar surface area (TPSA) is 68.0 Å². The van der Waals surface area contributed by atoms with Crippen molar-refractivity contribution >= 4 is 22.6 Å². The van der Waals surface area contributed by atoms with Crippen LogP contribution >= 0.6 is 11.8 Å². The first-order valence-corrected chi connectivity index (χ1v) is 8.56. The Morgan fingerprint density at radius 2 is 2.14 bits per heavy atom. The Morgan fingerprint density at radius 3 is 2.82 bits per heavy atom. The van der Waals surface area contributed by atoms with Crippen LogP contribution in [0.1, 0.15) is 55.0 Å². The Labute approximate surface area is 132 Å². The van der Waals surface area contributed by atoms with Gasteiger partial charge >= 0.3 is 0 Å². The summed E-state index contributed by atoms with van der Waals surface area (Å²) in [6, 6.07) is 0.380. The molecule has 22 heavy (non-hydrogen) atoms. The van der Waals surface area contributed by atoms with Crippen molar-refractivity contribution in [2.24, 2.45) is 12.0 Å². The molecule has 2 aliphatic rings. The Kier molecular flexibility index (Phi) is 3.25. The lowest BCUT2D eigenvalue weighted by molar-refractivity contribution is 0.468. The SMILES string of the molecule is CC1=Nc2c(c(=O)[nH]n2C2CCCC2)C(c2cnn(C)c2)S1. The van der Waals surface area contributed by atoms with E-state index in [1.165, 1.54) is 12.8 Å². The first kappa shape index (κ1) is 13.9. The van der Waals surface area contributed by atoms with Crippen molar-refractivity contribution in [3.63, 3.8) is 0 Å². The predicted molar refractivity (Wildman–Crippen MR) is 88.0 cm³/mol. The number of aromatic nitrogens is 4. The molecule has 0 spiro atoms. The van der Waals surface area contributed by atoms with Gasteiger partial charge in [0, 0.05) is 18.8 Å². The second-order valence-electron chi connectivity index (χ2n) is 6.06. The van der Waals surface area contributed by atoms with E-state index >= 15 is 0 Å². The lowest BCUT2D eigenvalue weighted by Crippen LogP contribution is -2.13. The minimum absolute atomic E-state index is 0.0143. The Morgan fingerprint density at radius 1 is 1.36 bits per heavy atom. The molecule has 2 aromatic heterocycles. The highest BCUT2D eigenvalue weighted by Crippen LogP contribution is 2.45. The molecule has 7 heteroatoms. The zero-order chi connectivity index (χ0) is 15.3. The van der Waals surface area contributed by atoms with Crippen molar-refractivity contribution in [2.75, 3.05) is 0 Å². The smallest absolute Gasteiger partial charge is 0.271 e. The van der Waals surface area contributed by atoms with Crippen LogP contribution in [0.5, 0.6) is 0 Å². The van der Waals surface area contributed by atoms with Crippen molar-refractivity contribution in [3.05, 3.63) is 33.9 Å². The zero-order valence-corrected chi connectivity index (χ0v) is 13.6. The van der Waals surface area contributed by atoms with Gasteiger partial charge in [-0.15, -0.1) is 0 Å². The maximum atomic E-state index is 12.6. The van der Waals surface area contributed by atoms with E-state index in [0.717, 1.165) is 34.8 Å². The highest BCUT2D eigenvalue weighted by Gasteiger charge is 2.33. The maximum Gasteiger partial charge on any atom is 0.271 e. The Hall–Kier alpha value is -1.76. The van der Waals surface area contributed by atoms with E-state index in [0.29, 0.717) is 6.04 Å². The molecule has 0 bridgehead atoms. The monoisotopic (exact) mass is 317 g/mol. The summed E-state index contributed by atoms with van der Waals surface area (Å²) in [5.41, 5.74) is 1.81. The lowest BCUT2D eigenvalue weighted by Gasteiger charge is -2.21. The Balaban J connectivity index is 1.85. The summed E-state index contributed by atoms with van der Waals surface area (Å²) in [7, 11) is 1.90. The first-order valence-electron chi connectivity index (χ1n) is 7.68. The summed E-state index contributed by atoms with van der Waals surface area (Å²) in [4.78, 5) is 17.2. The average molecular weight is 317 g/mol. The van der Waals surface area contributed by atoms with Crippen LogP contribution in [0.25, 0.3) is 0 Å². The van der Waals surface area contributed by atoms with Crippen LogP contribution < -0.4 is 5.56 Å². The molecular weight excluding hydrogens is 298 g/mol. The van der Waals surface area contributed by atoms with Crippen molar-refractivity contribution < 1.29 is 0 Å². The van der Waals surface area contributed by atoms with Crippen LogP contribution in [0, 0.1) is 0 Å². The number of nitrogens with one attached hydrogen (secondary N) is 1. The van der Waals surface area contributed by atoms with Gasteiger partial charge in [-0.05, 0) is 19.8 Å². The molecule has 0 aromatic carbocycles. The van der Waals surface area contributed by atoms with Crippen molar-refractivity contribution in [1.82, 2.24) is 19.6 Å². The molecule has 1 N–H and O–H groups in total. The normalized spacial score (nSPS) is 21.9. The third-order valence-electron chi connectivity index (χ3n) is 4.47. The summed E-state index contributed by atoms with van der Waals surface area (Å²) in [5.74, 6) is 0.821. The molecule has 0 amide bonds. The molecule has 4 rings (SSSR count). The maximum absolute atomic E-state index is 12.6. The number of aromatic amines is 1. The molecule has 1 fully saturated rings. The average Bonchev–Trinajstić information content (AvgIpc) is 3.19. The number of nitrogens with zero attached hydrogens (tertiary/aromatic N) is 4. The molecule has 1 atom stereocenters. The molecule has 116 valence electrons. The number of hydrogen-bond donors (Lipinski definition) is 1. The van der Waals surface area contributed by atoms with Gasteiger partial charge in [-0.1, -0.05) is 24.6 Å². The van der Waals surface area contributed by atoms with Gasteiger partial charge in [-0.25, -0.2) is 4.99 Å². The van der Waals surface area contributed by atoms with Crippen LogP contribution in [-0.2, 0) is 7.05 Å². The van der Waals surface area contributed by atoms with Gasteiger partial charge in [-0.3, -0.25) is 19.3 Å². The van der Waals surface area contributed by atoms with E-state index in [4.69, 9.17) is 0 Å².